The highest BCUT2D eigenvalue weighted by atomic mass is 14.3. The van der Waals surface area contributed by atoms with Gasteiger partial charge in [0.15, 0.2) is 0 Å². The molecule has 0 aliphatic heterocycles. The van der Waals surface area contributed by atoms with E-state index in [1.807, 2.05) is 0 Å². The zero-order valence-electron chi connectivity index (χ0n) is 67.3. The second kappa shape index (κ2) is 32.9. The third kappa shape index (κ3) is 14.2. The molecule has 570 valence electrons. The molecule has 0 aliphatic rings. The molecule has 122 heavy (non-hydrogen) atoms. The van der Waals surface area contributed by atoms with Crippen LogP contribution in [0.2, 0.25) is 0 Å². The minimum atomic E-state index is 1.23. The number of hydrogen-bond acceptors (Lipinski definition) is 0. The first-order valence-corrected chi connectivity index (χ1v) is 42.2. The van der Waals surface area contributed by atoms with Crippen LogP contribution in [0.5, 0.6) is 0 Å². The van der Waals surface area contributed by atoms with Crippen LogP contribution in [0, 0.1) is 0 Å². The van der Waals surface area contributed by atoms with Crippen molar-refractivity contribution in [3.05, 3.63) is 497 Å². The molecule has 23 rings (SSSR count). The first kappa shape index (κ1) is 73.7. The third-order valence-corrected chi connectivity index (χ3v) is 24.4. The van der Waals surface area contributed by atoms with Gasteiger partial charge in [-0.15, -0.1) is 0 Å². The quantitative estimate of drug-likeness (QED) is 0.107. The van der Waals surface area contributed by atoms with Gasteiger partial charge in [-0.2, -0.15) is 0 Å². The van der Waals surface area contributed by atoms with Crippen LogP contribution in [0.15, 0.2) is 497 Å². The number of hydrogen-bond donors (Lipinski definition) is 0. The molecule has 23 aromatic rings. The monoisotopic (exact) mass is 1550 g/mol. The summed E-state index contributed by atoms with van der Waals surface area (Å²) in [6, 6.07) is 180. The van der Waals surface area contributed by atoms with Gasteiger partial charge < -0.3 is 0 Å². The van der Waals surface area contributed by atoms with E-state index in [1.165, 1.54) is 220 Å². The molecule has 0 N–H and O–H groups in total. The molecule has 0 saturated carbocycles. The Kier molecular flexibility index (Phi) is 19.9. The summed E-state index contributed by atoms with van der Waals surface area (Å²) in [6.45, 7) is 0. The standard InChI is InChI=1S/2C42H28.C38H26/c1-2-11-29(12-3-1)34-15-10-16-36(28-34)42-39-19-8-6-17-37(39)41(38-18-7-9-20-40(38)42)32-24-21-31(22-25-32)35-26-23-30-13-4-5-14-33(30)27-35;1-2-13-31(14-3-1)35-16-6-7-17-36(35)42-39-20-10-8-18-37(39)41(38-19-9-11-21-40(38)42)32-25-22-30(23-26-32)34-27-24-29-12-4-5-15-33(29)28-34;1-3-12-27(13-4-1)29-22-24-30(25-23-29)37-33-18-7-9-20-35(33)38(36-21-10-8-19-34(36)37)32-17-11-16-31(26-32)28-14-5-2-6-15-28/h2*1-28H;1-26H. The molecule has 0 saturated heterocycles. The summed E-state index contributed by atoms with van der Waals surface area (Å²) in [7, 11) is 0. The van der Waals surface area contributed by atoms with E-state index < -0.39 is 0 Å². The van der Waals surface area contributed by atoms with Crippen LogP contribution in [0.25, 0.3) is 220 Å². The lowest BCUT2D eigenvalue weighted by molar-refractivity contribution is 1.60. The molecule has 0 bridgehead atoms. The Bertz CT molecular complexity index is 7630. The zero-order valence-corrected chi connectivity index (χ0v) is 67.3. The van der Waals surface area contributed by atoms with Crippen molar-refractivity contribution in [2.75, 3.05) is 0 Å². The van der Waals surface area contributed by atoms with Gasteiger partial charge in [0.2, 0.25) is 0 Å². The molecule has 0 fully saturated rings. The Morgan fingerprint density at radius 2 is 0.270 bits per heavy atom. The smallest absolute Gasteiger partial charge is 0.00201 e. The fraction of sp³-hybridized carbons (Fsp3) is 0. The predicted molar refractivity (Wildman–Crippen MR) is 525 cm³/mol. The second-order valence-corrected chi connectivity index (χ2v) is 31.6. The molecular weight excluding hydrogens is 1470 g/mol. The second-order valence-electron chi connectivity index (χ2n) is 31.6. The van der Waals surface area contributed by atoms with E-state index in [1.54, 1.807) is 0 Å². The van der Waals surface area contributed by atoms with Crippen molar-refractivity contribution in [3.63, 3.8) is 0 Å². The van der Waals surface area contributed by atoms with E-state index in [4.69, 9.17) is 0 Å². The maximum absolute atomic E-state index is 2.33. The van der Waals surface area contributed by atoms with Crippen molar-refractivity contribution in [2.45, 2.75) is 0 Å². The van der Waals surface area contributed by atoms with E-state index in [-0.39, 0.29) is 0 Å². The van der Waals surface area contributed by atoms with Gasteiger partial charge in [0.05, 0.1) is 0 Å². The van der Waals surface area contributed by atoms with E-state index in [9.17, 15) is 0 Å². The van der Waals surface area contributed by atoms with Crippen LogP contribution < -0.4 is 0 Å². The van der Waals surface area contributed by atoms with Gasteiger partial charge in [-0.1, -0.05) is 473 Å². The van der Waals surface area contributed by atoms with Gasteiger partial charge in [-0.25, -0.2) is 0 Å². The van der Waals surface area contributed by atoms with Crippen LogP contribution in [0.1, 0.15) is 0 Å². The summed E-state index contributed by atoms with van der Waals surface area (Å²) < 4.78 is 0. The number of benzene rings is 23. The van der Waals surface area contributed by atoms with Crippen LogP contribution in [0.4, 0.5) is 0 Å². The van der Waals surface area contributed by atoms with E-state index in [2.05, 4.69) is 497 Å². The summed E-state index contributed by atoms with van der Waals surface area (Å²) in [4.78, 5) is 0. The fourth-order valence-electron chi connectivity index (χ4n) is 18.6. The minimum Gasteiger partial charge on any atom is -0.0622 e. The molecule has 0 atom stereocenters. The molecule has 0 amide bonds. The summed E-state index contributed by atoms with van der Waals surface area (Å²) >= 11 is 0. The van der Waals surface area contributed by atoms with Gasteiger partial charge in [0.25, 0.3) is 0 Å². The number of rotatable bonds is 12. The summed E-state index contributed by atoms with van der Waals surface area (Å²) in [6.07, 6.45) is 0. The van der Waals surface area contributed by atoms with Crippen LogP contribution in [-0.4, -0.2) is 0 Å². The van der Waals surface area contributed by atoms with Crippen molar-refractivity contribution in [2.24, 2.45) is 0 Å². The molecule has 0 aromatic heterocycles. The average molecular weight is 1550 g/mol. The van der Waals surface area contributed by atoms with Gasteiger partial charge in [0, 0.05) is 0 Å². The summed E-state index contributed by atoms with van der Waals surface area (Å²) in [5, 5.41) is 20.4. The SMILES string of the molecule is c1ccc(-c2ccc(-c3c4ccccc4c(-c4cccc(-c5ccccc5)c4)c4ccccc34)cc2)cc1.c1ccc(-c2cccc(-c3c4ccccc4c(-c4ccc(-c5ccc6ccccc6c5)cc4)c4ccccc34)c2)cc1.c1ccc(-c2ccccc2-c2c3ccccc3c(-c3ccc(-c4ccc5ccccc5c4)cc3)c3ccccc23)cc1. The molecule has 0 unspecified atom stereocenters. The molecular formula is C122H82. The lowest BCUT2D eigenvalue weighted by atomic mass is 9.83. The van der Waals surface area contributed by atoms with Crippen molar-refractivity contribution in [1.29, 1.82) is 0 Å². The highest BCUT2D eigenvalue weighted by Crippen LogP contribution is 2.50. The highest BCUT2D eigenvalue weighted by Gasteiger charge is 2.23. The molecule has 0 aliphatic carbocycles. The zero-order chi connectivity index (χ0) is 81.1. The van der Waals surface area contributed by atoms with E-state index in [0.29, 0.717) is 0 Å². The highest BCUT2D eigenvalue weighted by molar-refractivity contribution is 6.25. The molecule has 0 radical (unpaired) electrons. The van der Waals surface area contributed by atoms with Crippen molar-refractivity contribution >= 4 is 86.2 Å². The molecule has 0 nitrogen and oxygen atoms in total. The van der Waals surface area contributed by atoms with Gasteiger partial charge in [-0.3, -0.25) is 0 Å². The number of fused-ring (bicyclic) bond motifs is 8. The van der Waals surface area contributed by atoms with Crippen molar-refractivity contribution in [3.8, 4) is 134 Å². The Morgan fingerprint density at radius 3 is 0.590 bits per heavy atom. The first-order valence-electron chi connectivity index (χ1n) is 42.2. The normalized spacial score (nSPS) is 11.3. The van der Waals surface area contributed by atoms with Gasteiger partial charge >= 0.3 is 0 Å². The fourth-order valence-corrected chi connectivity index (χ4v) is 18.6. The Morgan fingerprint density at radius 1 is 0.0820 bits per heavy atom. The maximum Gasteiger partial charge on any atom is -0.00201 e. The molecule has 0 heteroatoms. The first-order chi connectivity index (χ1) is 60.5. The lowest BCUT2D eigenvalue weighted by Crippen LogP contribution is -1.92. The summed E-state index contributed by atoms with van der Waals surface area (Å²) in [5.41, 5.74) is 30.0. The van der Waals surface area contributed by atoms with E-state index >= 15 is 0 Å². The summed E-state index contributed by atoms with van der Waals surface area (Å²) in [5.74, 6) is 0. The van der Waals surface area contributed by atoms with Crippen LogP contribution >= 0.6 is 0 Å². The van der Waals surface area contributed by atoms with Gasteiger partial charge in [-0.05, 0) is 244 Å². The van der Waals surface area contributed by atoms with E-state index in [0.717, 1.165) is 0 Å². The molecule has 0 heterocycles. The Labute approximate surface area is 712 Å². The maximum atomic E-state index is 2.33. The minimum absolute atomic E-state index is 1.23. The van der Waals surface area contributed by atoms with Crippen LogP contribution in [-0.2, 0) is 0 Å². The average Bonchev–Trinajstić information content (AvgIpc) is 0.742. The predicted octanol–water partition coefficient (Wildman–Crippen LogP) is 34.3. The van der Waals surface area contributed by atoms with Crippen molar-refractivity contribution in [1.82, 2.24) is 0 Å². The van der Waals surface area contributed by atoms with Gasteiger partial charge in [0.1, 0.15) is 0 Å². The topological polar surface area (TPSA) is 0 Å². The van der Waals surface area contributed by atoms with Crippen molar-refractivity contribution < 1.29 is 0 Å². The lowest BCUT2D eigenvalue weighted by Gasteiger charge is -2.19. The Hall–Kier alpha value is -15.9. The third-order valence-electron chi connectivity index (χ3n) is 24.4. The largest absolute Gasteiger partial charge is 0.0622 e. The molecule has 0 spiro atoms. The van der Waals surface area contributed by atoms with Crippen LogP contribution in [0.3, 0.4) is 0 Å². The molecule has 23 aromatic carbocycles. The Balaban J connectivity index is 0.000000113.